The number of rotatable bonds is 13. The minimum atomic E-state index is -0.525. The van der Waals surface area contributed by atoms with Gasteiger partial charge in [0.05, 0.1) is 36.8 Å². The van der Waals surface area contributed by atoms with Crippen LogP contribution in [0.15, 0.2) is 60.7 Å². The number of halogens is 2. The van der Waals surface area contributed by atoms with E-state index in [0.717, 1.165) is 82.7 Å². The van der Waals surface area contributed by atoms with Crippen molar-refractivity contribution in [2.24, 2.45) is 0 Å². The molecule has 9 nitrogen and oxygen atoms in total. The summed E-state index contributed by atoms with van der Waals surface area (Å²) < 4.78 is 16.4. The Morgan fingerprint density at radius 3 is 2.02 bits per heavy atom. The van der Waals surface area contributed by atoms with Gasteiger partial charge in [0, 0.05) is 51.3 Å². The summed E-state index contributed by atoms with van der Waals surface area (Å²) in [7, 11) is 6.40. The third kappa shape index (κ3) is 8.34. The molecule has 0 radical (unpaired) electrons. The highest BCUT2D eigenvalue weighted by molar-refractivity contribution is 6.42. The molecule has 11 heteroatoms. The molecule has 3 aromatic rings. The molecular weight excluding hydrogens is 675 g/mol. The van der Waals surface area contributed by atoms with Crippen molar-refractivity contribution in [2.45, 2.75) is 37.5 Å². The van der Waals surface area contributed by atoms with Gasteiger partial charge >= 0.3 is 0 Å². The van der Waals surface area contributed by atoms with Crippen molar-refractivity contribution in [3.05, 3.63) is 87.4 Å². The number of hydrogen-bond donors (Lipinski definition) is 0. The van der Waals surface area contributed by atoms with Crippen LogP contribution in [0.25, 0.3) is 0 Å². The van der Waals surface area contributed by atoms with Gasteiger partial charge in [0.25, 0.3) is 5.91 Å². The Morgan fingerprint density at radius 1 is 0.820 bits per heavy atom. The number of likely N-dealkylation sites (tertiary alicyclic amines) is 1. The van der Waals surface area contributed by atoms with Crippen LogP contribution in [-0.4, -0.2) is 119 Å². The summed E-state index contributed by atoms with van der Waals surface area (Å²) in [5, 5.41) is 0.974. The predicted octanol–water partition coefficient (Wildman–Crippen LogP) is 6.46. The van der Waals surface area contributed by atoms with Gasteiger partial charge in [0.15, 0.2) is 11.5 Å². The molecule has 0 saturated carbocycles. The molecule has 0 aromatic heterocycles. The average Bonchev–Trinajstić information content (AvgIpc) is 3.16. The first-order chi connectivity index (χ1) is 24.1. The molecule has 2 amide bonds. The normalized spacial score (nSPS) is 17.2. The smallest absolute Gasteiger partial charge is 0.253 e. The van der Waals surface area contributed by atoms with Crippen LogP contribution in [0.1, 0.15) is 53.6 Å². The van der Waals surface area contributed by atoms with Crippen molar-refractivity contribution in [1.82, 2.24) is 19.6 Å². The Morgan fingerprint density at radius 2 is 1.46 bits per heavy atom. The van der Waals surface area contributed by atoms with Crippen LogP contribution in [0.3, 0.4) is 0 Å². The fourth-order valence-electron chi connectivity index (χ4n) is 7.42. The monoisotopic (exact) mass is 724 g/mol. The lowest BCUT2D eigenvalue weighted by molar-refractivity contribution is -0.141. The zero-order valence-corrected chi connectivity index (χ0v) is 31.4. The van der Waals surface area contributed by atoms with Crippen molar-refractivity contribution >= 4 is 35.0 Å². The van der Waals surface area contributed by atoms with Gasteiger partial charge in [-0.15, -0.1) is 0 Å². The maximum Gasteiger partial charge on any atom is 0.253 e. The molecule has 0 bridgehead atoms. The fraction of sp³-hybridized carbons (Fsp3) is 0.487. The number of piperidine rings is 1. The maximum absolute atomic E-state index is 14.3. The number of nitrogens with zero attached hydrogens (tertiary/aromatic N) is 4. The standard InChI is InChI=1S/C39H50Cl2N4O5/c1-6-43-20-22-45(23-21-43)38(47)39(31-10-8-7-9-11-31)15-18-44(19-16-39)17-14-29(28-12-13-32(40)33(41)24-28)27-42(2)37(46)30-25-34(48-3)36(50-5)35(26-30)49-4/h7-13,24-26,29H,6,14-23,27H2,1-5H3. The molecule has 1 atom stereocenters. The number of methoxy groups -OCH3 is 3. The van der Waals surface area contributed by atoms with E-state index in [1.165, 1.54) is 21.3 Å². The van der Waals surface area contributed by atoms with E-state index in [1.807, 2.05) is 36.4 Å². The third-order valence-electron chi connectivity index (χ3n) is 10.5. The molecule has 5 rings (SSSR count). The third-order valence-corrected chi connectivity index (χ3v) is 11.3. The molecular formula is C39H50Cl2N4O5. The van der Waals surface area contributed by atoms with Gasteiger partial charge in [-0.05, 0) is 80.8 Å². The van der Waals surface area contributed by atoms with Crippen molar-refractivity contribution in [2.75, 3.05) is 87.3 Å². The van der Waals surface area contributed by atoms with Crippen molar-refractivity contribution in [1.29, 1.82) is 0 Å². The highest BCUT2D eigenvalue weighted by Crippen LogP contribution is 2.40. The first-order valence-corrected chi connectivity index (χ1v) is 18.2. The van der Waals surface area contributed by atoms with Crippen LogP contribution in [0.4, 0.5) is 0 Å². The summed E-state index contributed by atoms with van der Waals surface area (Å²) >= 11 is 12.8. The first kappa shape index (κ1) is 37.7. The molecule has 2 saturated heterocycles. The molecule has 3 aromatic carbocycles. The predicted molar refractivity (Wildman–Crippen MR) is 199 cm³/mol. The Bertz CT molecular complexity index is 1580. The van der Waals surface area contributed by atoms with E-state index in [0.29, 0.717) is 39.4 Å². The van der Waals surface area contributed by atoms with Gasteiger partial charge in [-0.1, -0.05) is 66.5 Å². The molecule has 2 heterocycles. The van der Waals surface area contributed by atoms with Crippen molar-refractivity contribution in [3.63, 3.8) is 0 Å². The summed E-state index contributed by atoms with van der Waals surface area (Å²) in [6.45, 7) is 9.47. The number of benzene rings is 3. The van der Waals surface area contributed by atoms with Crippen LogP contribution in [0, 0.1) is 0 Å². The molecule has 2 aliphatic rings. The van der Waals surface area contributed by atoms with Gasteiger partial charge in [-0.25, -0.2) is 0 Å². The number of amides is 2. The Balaban J connectivity index is 1.31. The Hall–Kier alpha value is -3.50. The lowest BCUT2D eigenvalue weighted by atomic mass is 9.71. The molecule has 1 unspecified atom stereocenters. The highest BCUT2D eigenvalue weighted by atomic mass is 35.5. The second kappa shape index (κ2) is 17.1. The number of carbonyl (C=O) groups excluding carboxylic acids is 2. The zero-order valence-electron chi connectivity index (χ0n) is 29.9. The topological polar surface area (TPSA) is 74.8 Å². The van der Waals surface area contributed by atoms with Crippen LogP contribution in [0.2, 0.25) is 10.0 Å². The molecule has 0 N–H and O–H groups in total. The van der Waals surface area contributed by atoms with Crippen LogP contribution in [-0.2, 0) is 10.2 Å². The number of carbonyl (C=O) groups is 2. The van der Waals surface area contributed by atoms with Crippen LogP contribution >= 0.6 is 23.2 Å². The van der Waals surface area contributed by atoms with Gasteiger partial charge in [0.2, 0.25) is 11.7 Å². The number of piperazine rings is 1. The number of likely N-dealkylation sites (N-methyl/N-ethyl adjacent to an activating group) is 2. The van der Waals surface area contributed by atoms with Crippen molar-refractivity contribution < 1.29 is 23.8 Å². The first-order valence-electron chi connectivity index (χ1n) is 17.4. The van der Waals surface area contributed by atoms with E-state index in [-0.39, 0.29) is 17.7 Å². The van der Waals surface area contributed by atoms with Crippen molar-refractivity contribution in [3.8, 4) is 17.2 Å². The molecule has 270 valence electrons. The van der Waals surface area contributed by atoms with E-state index in [9.17, 15) is 9.59 Å². The quantitative estimate of drug-likeness (QED) is 0.200. The van der Waals surface area contributed by atoms with Gasteiger partial charge in [-0.2, -0.15) is 0 Å². The summed E-state index contributed by atoms with van der Waals surface area (Å²) in [5.41, 5.74) is 2.04. The Labute approximate surface area is 307 Å². The molecule has 2 fully saturated rings. The largest absolute Gasteiger partial charge is 0.493 e. The highest BCUT2D eigenvalue weighted by Gasteiger charge is 2.45. The minimum Gasteiger partial charge on any atom is -0.493 e. The average molecular weight is 726 g/mol. The van der Waals surface area contributed by atoms with Crippen LogP contribution in [0.5, 0.6) is 17.2 Å². The lowest BCUT2D eigenvalue weighted by Gasteiger charge is -2.45. The maximum atomic E-state index is 14.3. The fourth-order valence-corrected chi connectivity index (χ4v) is 7.72. The van der Waals surface area contributed by atoms with Gasteiger partial charge in [-0.3, -0.25) is 9.59 Å². The van der Waals surface area contributed by atoms with Gasteiger partial charge in [0.1, 0.15) is 0 Å². The van der Waals surface area contributed by atoms with Crippen LogP contribution < -0.4 is 14.2 Å². The summed E-state index contributed by atoms with van der Waals surface area (Å²) in [4.78, 5) is 36.8. The SMILES string of the molecule is CCN1CCN(C(=O)C2(c3ccccc3)CCN(CCC(CN(C)C(=O)c3cc(OC)c(OC)c(OC)c3)c3ccc(Cl)c(Cl)c3)CC2)CC1. The van der Waals surface area contributed by atoms with E-state index in [2.05, 4.69) is 33.8 Å². The molecule has 2 aliphatic heterocycles. The second-order valence-electron chi connectivity index (χ2n) is 13.3. The second-order valence-corrected chi connectivity index (χ2v) is 14.1. The van der Waals surface area contributed by atoms with E-state index >= 15 is 0 Å². The Kier molecular flexibility index (Phi) is 12.9. The molecule has 0 spiro atoms. The summed E-state index contributed by atoms with van der Waals surface area (Å²) in [6, 6.07) is 19.4. The zero-order chi connectivity index (χ0) is 35.8. The minimum absolute atomic E-state index is 0.0157. The molecule has 50 heavy (non-hydrogen) atoms. The lowest BCUT2D eigenvalue weighted by Crippen LogP contribution is -2.57. The number of hydrogen-bond acceptors (Lipinski definition) is 7. The molecule has 0 aliphatic carbocycles. The van der Waals surface area contributed by atoms with E-state index in [1.54, 1.807) is 24.1 Å². The van der Waals surface area contributed by atoms with Gasteiger partial charge < -0.3 is 33.8 Å². The summed E-state index contributed by atoms with van der Waals surface area (Å²) in [6.07, 6.45) is 2.32. The summed E-state index contributed by atoms with van der Waals surface area (Å²) in [5.74, 6) is 1.35. The van der Waals surface area contributed by atoms with E-state index in [4.69, 9.17) is 37.4 Å². The van der Waals surface area contributed by atoms with E-state index < -0.39 is 5.41 Å². The number of ether oxygens (including phenoxy) is 3.